The van der Waals surface area contributed by atoms with Crippen molar-refractivity contribution in [2.45, 2.75) is 69.3 Å². The Morgan fingerprint density at radius 3 is 2.62 bits per heavy atom. The van der Waals surface area contributed by atoms with Crippen LogP contribution in [0, 0.1) is 0 Å². The van der Waals surface area contributed by atoms with Crippen LogP contribution in [0.1, 0.15) is 46.0 Å². The Balaban J connectivity index is 1.76. The van der Waals surface area contributed by atoms with Gasteiger partial charge in [-0.2, -0.15) is 0 Å². The van der Waals surface area contributed by atoms with Crippen LogP contribution in [0.25, 0.3) is 0 Å². The van der Waals surface area contributed by atoms with Crippen molar-refractivity contribution in [1.82, 2.24) is 4.90 Å². The van der Waals surface area contributed by atoms with E-state index in [0.717, 1.165) is 13.0 Å². The summed E-state index contributed by atoms with van der Waals surface area (Å²) >= 11 is 0. The second-order valence-electron chi connectivity index (χ2n) is 6.22. The minimum Gasteiger partial charge on any atom is -0.377 e. The van der Waals surface area contributed by atoms with Gasteiger partial charge in [0.25, 0.3) is 0 Å². The van der Waals surface area contributed by atoms with E-state index in [2.05, 4.69) is 18.7 Å². The minimum atomic E-state index is -0.631. The predicted molar refractivity (Wildman–Crippen MR) is 61.2 cm³/mol. The molecule has 0 radical (unpaired) electrons. The standard InChI is InChI=1S/C13H22FNO/c1-10(2)16-9-13-6-5-12(3-4-12)15(13)8-11(14)7-13/h10-11H,3-9H2,1-2H3/t11-,13+/m1/s1. The van der Waals surface area contributed by atoms with Gasteiger partial charge in [-0.3, -0.25) is 4.90 Å². The summed E-state index contributed by atoms with van der Waals surface area (Å²) in [6, 6.07) is 0. The molecule has 0 amide bonds. The summed E-state index contributed by atoms with van der Waals surface area (Å²) < 4.78 is 19.5. The highest BCUT2D eigenvalue weighted by Crippen LogP contribution is 2.59. The topological polar surface area (TPSA) is 12.5 Å². The first-order valence-corrected chi connectivity index (χ1v) is 6.60. The average Bonchev–Trinajstić information content (AvgIpc) is 2.85. The van der Waals surface area contributed by atoms with Crippen LogP contribution in [0.2, 0.25) is 0 Å². The van der Waals surface area contributed by atoms with Crippen molar-refractivity contribution in [3.8, 4) is 0 Å². The highest BCUT2D eigenvalue weighted by molar-refractivity contribution is 5.19. The van der Waals surface area contributed by atoms with Crippen LogP contribution in [-0.2, 0) is 4.74 Å². The van der Waals surface area contributed by atoms with Gasteiger partial charge in [-0.05, 0) is 39.5 Å². The van der Waals surface area contributed by atoms with E-state index < -0.39 is 6.17 Å². The molecule has 92 valence electrons. The molecule has 0 aromatic rings. The van der Waals surface area contributed by atoms with E-state index in [1.165, 1.54) is 19.3 Å². The van der Waals surface area contributed by atoms with E-state index in [1.807, 2.05) is 0 Å². The van der Waals surface area contributed by atoms with Crippen molar-refractivity contribution < 1.29 is 9.13 Å². The molecule has 2 aliphatic heterocycles. The van der Waals surface area contributed by atoms with Gasteiger partial charge in [-0.25, -0.2) is 4.39 Å². The highest BCUT2D eigenvalue weighted by Gasteiger charge is 2.64. The molecule has 0 N–H and O–H groups in total. The Labute approximate surface area is 97.1 Å². The van der Waals surface area contributed by atoms with Gasteiger partial charge < -0.3 is 4.74 Å². The Hall–Kier alpha value is -0.150. The molecule has 0 aromatic heterocycles. The van der Waals surface area contributed by atoms with E-state index in [-0.39, 0.29) is 11.6 Å². The van der Waals surface area contributed by atoms with Crippen molar-refractivity contribution in [1.29, 1.82) is 0 Å². The number of alkyl halides is 1. The van der Waals surface area contributed by atoms with Crippen LogP contribution in [0.5, 0.6) is 0 Å². The molecule has 3 rings (SSSR count). The maximum Gasteiger partial charge on any atom is 0.115 e. The number of rotatable bonds is 3. The molecule has 16 heavy (non-hydrogen) atoms. The lowest BCUT2D eigenvalue weighted by atomic mass is 9.94. The van der Waals surface area contributed by atoms with Gasteiger partial charge >= 0.3 is 0 Å². The number of ether oxygens (including phenoxy) is 1. The lowest BCUT2D eigenvalue weighted by Crippen LogP contribution is -2.47. The molecule has 0 unspecified atom stereocenters. The largest absolute Gasteiger partial charge is 0.377 e. The van der Waals surface area contributed by atoms with Crippen molar-refractivity contribution in [2.75, 3.05) is 13.2 Å². The van der Waals surface area contributed by atoms with Crippen LogP contribution in [-0.4, -0.2) is 41.4 Å². The van der Waals surface area contributed by atoms with E-state index in [9.17, 15) is 4.39 Å². The molecule has 0 aromatic carbocycles. The van der Waals surface area contributed by atoms with Gasteiger partial charge in [0.05, 0.1) is 12.7 Å². The first-order chi connectivity index (χ1) is 7.56. The third kappa shape index (κ3) is 1.52. The molecular formula is C13H22FNO. The fraction of sp³-hybridized carbons (Fsp3) is 1.00. The summed E-state index contributed by atoms with van der Waals surface area (Å²) in [6.45, 7) is 5.50. The number of halogens is 1. The zero-order valence-corrected chi connectivity index (χ0v) is 10.3. The number of nitrogens with zero attached hydrogens (tertiary/aromatic N) is 1. The zero-order valence-electron chi connectivity index (χ0n) is 10.3. The lowest BCUT2D eigenvalue weighted by Gasteiger charge is -2.35. The van der Waals surface area contributed by atoms with Crippen LogP contribution < -0.4 is 0 Å². The molecule has 2 saturated heterocycles. The van der Waals surface area contributed by atoms with Gasteiger partial charge in [0.2, 0.25) is 0 Å². The Morgan fingerprint density at radius 1 is 1.31 bits per heavy atom. The van der Waals surface area contributed by atoms with Crippen LogP contribution in [0.3, 0.4) is 0 Å². The summed E-state index contributed by atoms with van der Waals surface area (Å²) in [5.41, 5.74) is 0.432. The second-order valence-corrected chi connectivity index (χ2v) is 6.22. The molecule has 2 atom stereocenters. The van der Waals surface area contributed by atoms with Gasteiger partial charge in [-0.1, -0.05) is 0 Å². The molecule has 3 aliphatic rings. The van der Waals surface area contributed by atoms with E-state index in [4.69, 9.17) is 4.74 Å². The summed E-state index contributed by atoms with van der Waals surface area (Å²) in [5.74, 6) is 0. The molecule has 3 heteroatoms. The first kappa shape index (κ1) is 11.0. The Morgan fingerprint density at radius 2 is 2.00 bits per heavy atom. The number of hydrogen-bond donors (Lipinski definition) is 0. The van der Waals surface area contributed by atoms with E-state index >= 15 is 0 Å². The van der Waals surface area contributed by atoms with Crippen LogP contribution in [0.4, 0.5) is 4.39 Å². The zero-order chi connectivity index (χ0) is 11.4. The van der Waals surface area contributed by atoms with Crippen molar-refractivity contribution in [2.24, 2.45) is 0 Å². The van der Waals surface area contributed by atoms with Gasteiger partial charge in [0.15, 0.2) is 0 Å². The summed E-state index contributed by atoms with van der Waals surface area (Å²) in [4.78, 5) is 2.47. The predicted octanol–water partition coefficient (Wildman–Crippen LogP) is 2.52. The maximum absolute atomic E-state index is 13.7. The van der Waals surface area contributed by atoms with Crippen molar-refractivity contribution in [3.63, 3.8) is 0 Å². The Bertz CT molecular complexity index is 290. The van der Waals surface area contributed by atoms with Crippen LogP contribution in [0.15, 0.2) is 0 Å². The third-order valence-electron chi connectivity index (χ3n) is 4.70. The molecule has 1 aliphatic carbocycles. The SMILES string of the molecule is CC(C)OC[C@@]12CCC3(CC3)N1C[C@H](F)C2. The van der Waals surface area contributed by atoms with E-state index in [1.54, 1.807) is 0 Å². The maximum atomic E-state index is 13.7. The molecule has 1 saturated carbocycles. The normalized spacial score (nSPS) is 40.9. The minimum absolute atomic E-state index is 0.0419. The molecule has 3 fully saturated rings. The monoisotopic (exact) mass is 227 g/mol. The van der Waals surface area contributed by atoms with Crippen molar-refractivity contribution in [3.05, 3.63) is 0 Å². The highest BCUT2D eigenvalue weighted by atomic mass is 19.1. The molecule has 1 spiro atoms. The summed E-state index contributed by atoms with van der Waals surface area (Å²) in [6.07, 6.45) is 5.29. The number of hydrogen-bond acceptors (Lipinski definition) is 2. The fourth-order valence-corrected chi connectivity index (χ4v) is 3.71. The molecule has 2 heterocycles. The summed E-state index contributed by atoms with van der Waals surface area (Å²) in [7, 11) is 0. The molecule has 2 nitrogen and oxygen atoms in total. The fourth-order valence-electron chi connectivity index (χ4n) is 3.71. The van der Waals surface area contributed by atoms with Gasteiger partial charge in [-0.15, -0.1) is 0 Å². The number of fused-ring (bicyclic) bond motifs is 2. The Kier molecular flexibility index (Phi) is 2.35. The molecule has 0 bridgehead atoms. The van der Waals surface area contributed by atoms with Crippen molar-refractivity contribution >= 4 is 0 Å². The van der Waals surface area contributed by atoms with Gasteiger partial charge in [0, 0.05) is 24.0 Å². The van der Waals surface area contributed by atoms with Gasteiger partial charge in [0.1, 0.15) is 6.17 Å². The molecular weight excluding hydrogens is 205 g/mol. The lowest BCUT2D eigenvalue weighted by molar-refractivity contribution is -0.00798. The third-order valence-corrected chi connectivity index (χ3v) is 4.70. The van der Waals surface area contributed by atoms with E-state index in [0.29, 0.717) is 18.5 Å². The smallest absolute Gasteiger partial charge is 0.115 e. The average molecular weight is 227 g/mol. The quantitative estimate of drug-likeness (QED) is 0.734. The summed E-state index contributed by atoms with van der Waals surface area (Å²) in [5, 5.41) is 0. The van der Waals surface area contributed by atoms with Crippen LogP contribution >= 0.6 is 0 Å². The first-order valence-electron chi connectivity index (χ1n) is 6.60. The second kappa shape index (κ2) is 3.42.